The Kier molecular flexibility index (Phi) is 3.29. The summed E-state index contributed by atoms with van der Waals surface area (Å²) in [6.07, 6.45) is 5.06. The number of carbonyl (C=O) groups excluding carboxylic acids is 1. The van der Waals surface area contributed by atoms with Gasteiger partial charge in [-0.05, 0) is 24.7 Å². The number of carbonyl (C=O) groups is 1. The minimum absolute atomic E-state index is 0.140. The molecular formula is C12H21NO2. The van der Waals surface area contributed by atoms with Gasteiger partial charge in [0.2, 0.25) is 5.91 Å². The molecule has 86 valence electrons. The van der Waals surface area contributed by atoms with Gasteiger partial charge in [0.05, 0.1) is 12.5 Å². The van der Waals surface area contributed by atoms with E-state index in [-0.39, 0.29) is 5.91 Å². The minimum atomic E-state index is -0.418. The van der Waals surface area contributed by atoms with E-state index in [0.29, 0.717) is 18.9 Å². The number of aliphatic hydroxyl groups excluding tert-OH is 1. The normalized spacial score (nSPS) is 37.3. The molecule has 0 bridgehead atoms. The van der Waals surface area contributed by atoms with Gasteiger partial charge in [0, 0.05) is 13.1 Å². The molecule has 1 amide bonds. The Bertz CT molecular complexity index is 242. The van der Waals surface area contributed by atoms with E-state index >= 15 is 0 Å². The van der Waals surface area contributed by atoms with E-state index in [1.807, 2.05) is 4.90 Å². The van der Waals surface area contributed by atoms with Gasteiger partial charge in [0.1, 0.15) is 0 Å². The molecule has 3 nitrogen and oxygen atoms in total. The minimum Gasteiger partial charge on any atom is -0.391 e. The maximum Gasteiger partial charge on any atom is 0.225 e. The van der Waals surface area contributed by atoms with Gasteiger partial charge in [0.15, 0.2) is 0 Å². The third kappa shape index (κ3) is 2.71. The molecule has 0 aromatic carbocycles. The van der Waals surface area contributed by atoms with E-state index in [1.54, 1.807) is 0 Å². The van der Waals surface area contributed by atoms with Crippen molar-refractivity contribution in [1.29, 1.82) is 0 Å². The lowest BCUT2D eigenvalue weighted by Gasteiger charge is -2.30. The first-order valence-corrected chi connectivity index (χ1v) is 6.11. The Morgan fingerprint density at radius 2 is 2.27 bits per heavy atom. The molecule has 2 fully saturated rings. The number of likely N-dealkylation sites (tertiary alicyclic amines) is 1. The molecule has 1 saturated carbocycles. The molecule has 2 rings (SSSR count). The second kappa shape index (κ2) is 4.52. The molecule has 0 aromatic heterocycles. The zero-order chi connectivity index (χ0) is 10.8. The molecule has 0 aromatic rings. The molecule has 15 heavy (non-hydrogen) atoms. The Morgan fingerprint density at radius 3 is 2.87 bits per heavy atom. The van der Waals surface area contributed by atoms with Crippen LogP contribution < -0.4 is 0 Å². The molecule has 1 N–H and O–H groups in total. The molecule has 1 saturated heterocycles. The topological polar surface area (TPSA) is 40.5 Å². The van der Waals surface area contributed by atoms with E-state index in [9.17, 15) is 9.90 Å². The maximum atomic E-state index is 11.5. The van der Waals surface area contributed by atoms with Crippen LogP contribution in [0.2, 0.25) is 0 Å². The van der Waals surface area contributed by atoms with Gasteiger partial charge in [-0.3, -0.25) is 4.79 Å². The highest BCUT2D eigenvalue weighted by atomic mass is 16.3. The van der Waals surface area contributed by atoms with Gasteiger partial charge >= 0.3 is 0 Å². The summed E-state index contributed by atoms with van der Waals surface area (Å²) >= 11 is 0. The van der Waals surface area contributed by atoms with Crippen LogP contribution in [0.5, 0.6) is 0 Å². The third-order valence-corrected chi connectivity index (χ3v) is 3.72. The van der Waals surface area contributed by atoms with Gasteiger partial charge in [-0.15, -0.1) is 0 Å². The van der Waals surface area contributed by atoms with Crippen LogP contribution in [0, 0.1) is 11.8 Å². The van der Waals surface area contributed by atoms with Crippen molar-refractivity contribution >= 4 is 5.91 Å². The van der Waals surface area contributed by atoms with E-state index in [4.69, 9.17) is 0 Å². The molecule has 0 spiro atoms. The molecule has 1 heterocycles. The van der Waals surface area contributed by atoms with Crippen molar-refractivity contribution < 1.29 is 9.90 Å². The highest BCUT2D eigenvalue weighted by Crippen LogP contribution is 2.29. The summed E-state index contributed by atoms with van der Waals surface area (Å²) in [6.45, 7) is 3.73. The van der Waals surface area contributed by atoms with Gasteiger partial charge in [-0.1, -0.05) is 19.8 Å². The number of hydrogen-bond donors (Lipinski definition) is 1. The van der Waals surface area contributed by atoms with Crippen molar-refractivity contribution in [2.45, 2.75) is 45.1 Å². The van der Waals surface area contributed by atoms with Crippen molar-refractivity contribution in [3.8, 4) is 0 Å². The van der Waals surface area contributed by atoms with Crippen LogP contribution in [0.4, 0.5) is 0 Å². The zero-order valence-electron chi connectivity index (χ0n) is 9.48. The van der Waals surface area contributed by atoms with Crippen molar-refractivity contribution in [3.05, 3.63) is 0 Å². The van der Waals surface area contributed by atoms with Crippen molar-refractivity contribution in [2.75, 3.05) is 13.1 Å². The number of hydrogen-bond acceptors (Lipinski definition) is 2. The number of nitrogens with zero attached hydrogens (tertiary/aromatic N) is 1. The smallest absolute Gasteiger partial charge is 0.225 e. The molecular weight excluding hydrogens is 190 g/mol. The zero-order valence-corrected chi connectivity index (χ0v) is 9.48. The summed E-state index contributed by atoms with van der Waals surface area (Å²) in [6, 6.07) is 0. The molecule has 1 aliphatic heterocycles. The molecule has 0 radical (unpaired) electrons. The Morgan fingerprint density at radius 1 is 1.47 bits per heavy atom. The summed E-state index contributed by atoms with van der Waals surface area (Å²) in [5.74, 6) is 1.62. The fourth-order valence-corrected chi connectivity index (χ4v) is 2.97. The van der Waals surface area contributed by atoms with Crippen LogP contribution in [-0.4, -0.2) is 35.1 Å². The Labute approximate surface area is 91.5 Å². The summed E-state index contributed by atoms with van der Waals surface area (Å²) in [7, 11) is 0. The predicted octanol–water partition coefficient (Wildman–Crippen LogP) is 1.41. The fraction of sp³-hybridized carbons (Fsp3) is 0.917. The highest BCUT2D eigenvalue weighted by Gasteiger charge is 2.30. The lowest BCUT2D eigenvalue weighted by molar-refractivity contribution is -0.128. The molecule has 2 aliphatic rings. The first-order valence-electron chi connectivity index (χ1n) is 6.11. The SMILES string of the molecule is CC1CCCC(CN2CC(O)CC2=O)C1. The predicted molar refractivity (Wildman–Crippen MR) is 58.3 cm³/mol. The van der Waals surface area contributed by atoms with Crippen LogP contribution in [0.25, 0.3) is 0 Å². The van der Waals surface area contributed by atoms with Crippen LogP contribution in [0.15, 0.2) is 0 Å². The maximum absolute atomic E-state index is 11.5. The van der Waals surface area contributed by atoms with E-state index < -0.39 is 6.10 Å². The second-order valence-electron chi connectivity index (χ2n) is 5.29. The van der Waals surface area contributed by atoms with E-state index in [2.05, 4.69) is 6.92 Å². The summed E-state index contributed by atoms with van der Waals surface area (Å²) < 4.78 is 0. The van der Waals surface area contributed by atoms with Crippen molar-refractivity contribution in [2.24, 2.45) is 11.8 Å². The van der Waals surface area contributed by atoms with Crippen LogP contribution in [0.1, 0.15) is 39.0 Å². The average molecular weight is 211 g/mol. The van der Waals surface area contributed by atoms with Crippen molar-refractivity contribution in [3.63, 3.8) is 0 Å². The molecule has 1 aliphatic carbocycles. The average Bonchev–Trinajstić information content (AvgIpc) is 2.45. The largest absolute Gasteiger partial charge is 0.391 e. The van der Waals surface area contributed by atoms with Gasteiger partial charge in [-0.25, -0.2) is 0 Å². The van der Waals surface area contributed by atoms with Crippen LogP contribution in [-0.2, 0) is 4.79 Å². The number of aliphatic hydroxyl groups is 1. The molecule has 3 heteroatoms. The van der Waals surface area contributed by atoms with Gasteiger partial charge in [-0.2, -0.15) is 0 Å². The monoisotopic (exact) mass is 211 g/mol. The fourth-order valence-electron chi connectivity index (χ4n) is 2.97. The first kappa shape index (κ1) is 10.9. The lowest BCUT2D eigenvalue weighted by atomic mass is 9.82. The highest BCUT2D eigenvalue weighted by molar-refractivity contribution is 5.78. The standard InChI is InChI=1S/C12H21NO2/c1-9-3-2-4-10(5-9)7-13-8-11(14)6-12(13)15/h9-11,14H,2-8H2,1H3. The quantitative estimate of drug-likeness (QED) is 0.750. The first-order chi connectivity index (χ1) is 7.15. The molecule has 3 unspecified atom stereocenters. The summed E-state index contributed by atoms with van der Waals surface area (Å²) in [5, 5.41) is 9.39. The van der Waals surface area contributed by atoms with Crippen LogP contribution in [0.3, 0.4) is 0 Å². The Hall–Kier alpha value is -0.570. The van der Waals surface area contributed by atoms with Gasteiger partial charge in [0.25, 0.3) is 0 Å². The van der Waals surface area contributed by atoms with E-state index in [1.165, 1.54) is 25.7 Å². The number of β-amino-alcohol motifs (C(OH)–C–C–N with tert-alkyl or cyclic N) is 1. The van der Waals surface area contributed by atoms with Crippen molar-refractivity contribution in [1.82, 2.24) is 4.90 Å². The Balaban J connectivity index is 1.83. The lowest BCUT2D eigenvalue weighted by Crippen LogP contribution is -2.33. The third-order valence-electron chi connectivity index (χ3n) is 3.72. The molecule has 3 atom stereocenters. The second-order valence-corrected chi connectivity index (χ2v) is 5.29. The van der Waals surface area contributed by atoms with Gasteiger partial charge < -0.3 is 10.0 Å². The number of rotatable bonds is 2. The summed E-state index contributed by atoms with van der Waals surface area (Å²) in [4.78, 5) is 13.4. The van der Waals surface area contributed by atoms with E-state index in [0.717, 1.165) is 12.5 Å². The van der Waals surface area contributed by atoms with Crippen LogP contribution >= 0.6 is 0 Å². The summed E-state index contributed by atoms with van der Waals surface area (Å²) in [5.41, 5.74) is 0. The number of amides is 1.